The van der Waals surface area contributed by atoms with Gasteiger partial charge in [-0.15, -0.1) is 0 Å². The summed E-state index contributed by atoms with van der Waals surface area (Å²) in [6.45, 7) is 2.89. The van der Waals surface area contributed by atoms with Gasteiger partial charge in [0.1, 0.15) is 11.5 Å². The Morgan fingerprint density at radius 1 is 1.26 bits per heavy atom. The largest absolute Gasteiger partial charge is 0.496 e. The third kappa shape index (κ3) is 4.44. The lowest BCUT2D eigenvalue weighted by molar-refractivity contribution is -0.121. The van der Waals surface area contributed by atoms with Crippen molar-refractivity contribution < 1.29 is 14.3 Å². The fraction of sp³-hybridized carbons (Fsp3) is 0.500. The average Bonchev–Trinajstić information content (AvgIpc) is 2.43. The summed E-state index contributed by atoms with van der Waals surface area (Å²) >= 11 is 0. The molecule has 0 fully saturated rings. The molecule has 0 unspecified atom stereocenters. The van der Waals surface area contributed by atoms with Crippen LogP contribution < -0.4 is 20.5 Å². The van der Waals surface area contributed by atoms with E-state index in [-0.39, 0.29) is 5.91 Å². The molecule has 0 saturated heterocycles. The van der Waals surface area contributed by atoms with Crippen LogP contribution in [-0.4, -0.2) is 26.7 Å². The molecule has 0 heterocycles. The van der Waals surface area contributed by atoms with E-state index in [2.05, 4.69) is 5.32 Å². The van der Waals surface area contributed by atoms with E-state index in [1.807, 2.05) is 19.1 Å². The average molecular weight is 266 g/mol. The number of nitrogens with one attached hydrogen (secondary N) is 1. The van der Waals surface area contributed by atoms with Gasteiger partial charge in [0.05, 0.1) is 14.2 Å². The van der Waals surface area contributed by atoms with Crippen molar-refractivity contribution in [2.45, 2.75) is 26.3 Å². The molecule has 5 heteroatoms. The monoisotopic (exact) mass is 266 g/mol. The van der Waals surface area contributed by atoms with E-state index in [9.17, 15) is 4.79 Å². The summed E-state index contributed by atoms with van der Waals surface area (Å²) in [5.74, 6) is 1.52. The van der Waals surface area contributed by atoms with Crippen LogP contribution >= 0.6 is 0 Å². The number of hydrogen-bond donors (Lipinski definition) is 2. The molecule has 1 amide bonds. The van der Waals surface area contributed by atoms with Crippen LogP contribution in [0.4, 0.5) is 0 Å². The molecule has 0 aromatic heterocycles. The van der Waals surface area contributed by atoms with Crippen molar-refractivity contribution in [2.24, 2.45) is 5.73 Å². The van der Waals surface area contributed by atoms with E-state index >= 15 is 0 Å². The summed E-state index contributed by atoms with van der Waals surface area (Å²) in [6, 6.07) is 3.79. The Bertz CT molecular complexity index is 433. The Labute approximate surface area is 114 Å². The molecule has 0 bridgehead atoms. The quantitative estimate of drug-likeness (QED) is 0.781. The van der Waals surface area contributed by atoms with Crippen LogP contribution in [-0.2, 0) is 11.3 Å². The predicted molar refractivity (Wildman–Crippen MR) is 74.4 cm³/mol. The van der Waals surface area contributed by atoms with Crippen molar-refractivity contribution >= 4 is 5.91 Å². The van der Waals surface area contributed by atoms with Crippen molar-refractivity contribution in [3.63, 3.8) is 0 Å². The predicted octanol–water partition coefficient (Wildman–Crippen LogP) is 1.37. The highest BCUT2D eigenvalue weighted by Gasteiger charge is 2.09. The fourth-order valence-electron chi connectivity index (χ4n) is 1.80. The molecular weight excluding hydrogens is 244 g/mol. The third-order valence-corrected chi connectivity index (χ3v) is 2.88. The first-order valence-corrected chi connectivity index (χ1v) is 6.30. The Morgan fingerprint density at radius 2 is 1.95 bits per heavy atom. The topological polar surface area (TPSA) is 73.6 Å². The van der Waals surface area contributed by atoms with Crippen molar-refractivity contribution in [1.29, 1.82) is 0 Å². The highest BCUT2D eigenvalue weighted by molar-refractivity contribution is 5.75. The summed E-state index contributed by atoms with van der Waals surface area (Å²) in [5, 5.41) is 2.85. The number of ether oxygens (including phenoxy) is 2. The van der Waals surface area contributed by atoms with Crippen LogP contribution in [0.3, 0.4) is 0 Å². The van der Waals surface area contributed by atoms with Crippen molar-refractivity contribution in [1.82, 2.24) is 5.32 Å². The van der Waals surface area contributed by atoms with E-state index in [4.69, 9.17) is 15.2 Å². The standard InChI is InChI=1S/C14H22N2O3/c1-10-7-13(19-3)11(8-12(10)18-2)9-16-14(17)5-4-6-15/h7-8H,4-6,9,15H2,1-3H3,(H,16,17). The minimum absolute atomic E-state index is 0.00737. The molecular formula is C14H22N2O3. The highest BCUT2D eigenvalue weighted by Crippen LogP contribution is 2.28. The van der Waals surface area contributed by atoms with Gasteiger partial charge in [0.15, 0.2) is 0 Å². The van der Waals surface area contributed by atoms with Gasteiger partial charge in [0.2, 0.25) is 5.91 Å². The Hall–Kier alpha value is -1.75. The fourth-order valence-corrected chi connectivity index (χ4v) is 1.80. The van der Waals surface area contributed by atoms with Gasteiger partial charge in [-0.3, -0.25) is 4.79 Å². The van der Waals surface area contributed by atoms with Gasteiger partial charge >= 0.3 is 0 Å². The van der Waals surface area contributed by atoms with Gasteiger partial charge < -0.3 is 20.5 Å². The maximum Gasteiger partial charge on any atom is 0.220 e. The van der Waals surface area contributed by atoms with Crippen molar-refractivity contribution in [3.05, 3.63) is 23.3 Å². The van der Waals surface area contributed by atoms with Crippen LogP contribution in [0.25, 0.3) is 0 Å². The number of nitrogens with two attached hydrogens (primary N) is 1. The number of hydrogen-bond acceptors (Lipinski definition) is 4. The molecule has 106 valence electrons. The Balaban J connectivity index is 2.73. The molecule has 0 spiro atoms. The first-order chi connectivity index (χ1) is 9.12. The number of carbonyl (C=O) groups excluding carboxylic acids is 1. The first kappa shape index (κ1) is 15.3. The van der Waals surface area contributed by atoms with Gasteiger partial charge in [-0.2, -0.15) is 0 Å². The molecule has 0 radical (unpaired) electrons. The van der Waals surface area contributed by atoms with Gasteiger partial charge in [0, 0.05) is 18.5 Å². The molecule has 1 aromatic rings. The second kappa shape index (κ2) is 7.63. The number of benzene rings is 1. The Kier molecular flexibility index (Phi) is 6.15. The summed E-state index contributed by atoms with van der Waals surface area (Å²) < 4.78 is 10.6. The number of carbonyl (C=O) groups is 1. The molecule has 19 heavy (non-hydrogen) atoms. The maximum absolute atomic E-state index is 11.6. The van der Waals surface area contributed by atoms with Crippen LogP contribution in [0, 0.1) is 6.92 Å². The zero-order chi connectivity index (χ0) is 14.3. The molecule has 0 atom stereocenters. The first-order valence-electron chi connectivity index (χ1n) is 6.30. The number of methoxy groups -OCH3 is 2. The van der Waals surface area contributed by atoms with Crippen molar-refractivity contribution in [2.75, 3.05) is 20.8 Å². The summed E-state index contributed by atoms with van der Waals surface area (Å²) in [6.07, 6.45) is 1.14. The Morgan fingerprint density at radius 3 is 2.53 bits per heavy atom. The van der Waals surface area contributed by atoms with E-state index < -0.39 is 0 Å². The molecule has 0 aliphatic rings. The van der Waals surface area contributed by atoms with Crippen molar-refractivity contribution in [3.8, 4) is 11.5 Å². The summed E-state index contributed by atoms with van der Waals surface area (Å²) in [7, 11) is 3.24. The number of rotatable bonds is 7. The molecule has 1 aromatic carbocycles. The third-order valence-electron chi connectivity index (χ3n) is 2.88. The van der Waals surface area contributed by atoms with Crippen LogP contribution in [0.2, 0.25) is 0 Å². The number of amides is 1. The minimum Gasteiger partial charge on any atom is -0.496 e. The molecule has 0 aliphatic heterocycles. The minimum atomic E-state index is -0.00737. The zero-order valence-corrected chi connectivity index (χ0v) is 11.8. The van der Waals surface area contributed by atoms with E-state index in [0.29, 0.717) is 25.9 Å². The lowest BCUT2D eigenvalue weighted by Gasteiger charge is -2.13. The molecule has 3 N–H and O–H groups in total. The van der Waals surface area contributed by atoms with Gasteiger partial charge in [-0.25, -0.2) is 0 Å². The van der Waals surface area contributed by atoms with Crippen LogP contribution in [0.1, 0.15) is 24.0 Å². The SMILES string of the molecule is COc1cc(CNC(=O)CCCN)c(OC)cc1C. The smallest absolute Gasteiger partial charge is 0.220 e. The lowest BCUT2D eigenvalue weighted by atomic mass is 10.1. The van der Waals surface area contributed by atoms with Crippen LogP contribution in [0.5, 0.6) is 11.5 Å². The summed E-state index contributed by atoms with van der Waals surface area (Å²) in [4.78, 5) is 11.6. The summed E-state index contributed by atoms with van der Waals surface area (Å²) in [5.41, 5.74) is 7.26. The van der Waals surface area contributed by atoms with E-state index in [1.165, 1.54) is 0 Å². The number of aryl methyl sites for hydroxylation is 1. The molecule has 0 saturated carbocycles. The van der Waals surface area contributed by atoms with Gasteiger partial charge in [-0.05, 0) is 37.6 Å². The van der Waals surface area contributed by atoms with E-state index in [1.54, 1.807) is 14.2 Å². The van der Waals surface area contributed by atoms with E-state index in [0.717, 1.165) is 22.6 Å². The maximum atomic E-state index is 11.6. The van der Waals surface area contributed by atoms with Gasteiger partial charge in [0.25, 0.3) is 0 Å². The second-order valence-electron chi connectivity index (χ2n) is 4.30. The highest BCUT2D eigenvalue weighted by atomic mass is 16.5. The normalized spacial score (nSPS) is 10.1. The zero-order valence-electron chi connectivity index (χ0n) is 11.8. The lowest BCUT2D eigenvalue weighted by Crippen LogP contribution is -2.23. The second-order valence-corrected chi connectivity index (χ2v) is 4.30. The van der Waals surface area contributed by atoms with Crippen LogP contribution in [0.15, 0.2) is 12.1 Å². The molecule has 0 aliphatic carbocycles. The molecule has 1 rings (SSSR count). The molecule has 5 nitrogen and oxygen atoms in total. The van der Waals surface area contributed by atoms with Gasteiger partial charge in [-0.1, -0.05) is 0 Å².